The first-order valence-corrected chi connectivity index (χ1v) is 10.1. The van der Waals surface area contributed by atoms with Gasteiger partial charge in [-0.25, -0.2) is 4.79 Å². The second-order valence-corrected chi connectivity index (χ2v) is 7.26. The number of thioether (sulfide) groups is 1. The molecule has 1 heterocycles. The van der Waals surface area contributed by atoms with Crippen molar-refractivity contribution in [2.45, 2.75) is 0 Å². The SMILES string of the molecule is COC(=O)COc1ccc(/C=C2\SC(=O)N(CCOc3ccccc3)C2=O)cc1OC. The third kappa shape index (κ3) is 5.79. The molecule has 2 aromatic rings. The van der Waals surface area contributed by atoms with Crippen molar-refractivity contribution in [3.8, 4) is 17.2 Å². The van der Waals surface area contributed by atoms with E-state index in [4.69, 9.17) is 14.2 Å². The van der Waals surface area contributed by atoms with Crippen LogP contribution in [-0.4, -0.2) is 56.0 Å². The zero-order valence-corrected chi connectivity index (χ0v) is 17.8. The summed E-state index contributed by atoms with van der Waals surface area (Å²) in [5.74, 6) is 0.517. The van der Waals surface area contributed by atoms with Crippen molar-refractivity contribution in [2.75, 3.05) is 34.0 Å². The van der Waals surface area contributed by atoms with E-state index in [1.54, 1.807) is 36.4 Å². The zero-order chi connectivity index (χ0) is 22.2. The molecule has 1 saturated heterocycles. The van der Waals surface area contributed by atoms with E-state index in [1.165, 1.54) is 14.2 Å². The Labute approximate surface area is 183 Å². The van der Waals surface area contributed by atoms with E-state index in [9.17, 15) is 14.4 Å². The highest BCUT2D eigenvalue weighted by molar-refractivity contribution is 8.18. The fourth-order valence-electron chi connectivity index (χ4n) is 2.70. The lowest BCUT2D eigenvalue weighted by atomic mass is 10.2. The van der Waals surface area contributed by atoms with Gasteiger partial charge >= 0.3 is 5.97 Å². The van der Waals surface area contributed by atoms with Crippen molar-refractivity contribution in [1.82, 2.24) is 4.90 Å². The molecule has 0 radical (unpaired) electrons. The van der Waals surface area contributed by atoms with Gasteiger partial charge in [-0.05, 0) is 47.7 Å². The van der Waals surface area contributed by atoms with Crippen LogP contribution in [0.5, 0.6) is 17.2 Å². The van der Waals surface area contributed by atoms with Gasteiger partial charge in [-0.15, -0.1) is 0 Å². The molecule has 8 nitrogen and oxygen atoms in total. The summed E-state index contributed by atoms with van der Waals surface area (Å²) in [6.07, 6.45) is 1.61. The number of ether oxygens (including phenoxy) is 4. The number of carbonyl (C=O) groups excluding carboxylic acids is 3. The van der Waals surface area contributed by atoms with Gasteiger partial charge in [0, 0.05) is 0 Å². The summed E-state index contributed by atoms with van der Waals surface area (Å²) in [6, 6.07) is 14.1. The number of benzene rings is 2. The minimum atomic E-state index is -0.518. The molecule has 3 rings (SSSR count). The number of para-hydroxylation sites is 1. The van der Waals surface area contributed by atoms with Gasteiger partial charge in [0.1, 0.15) is 12.4 Å². The fourth-order valence-corrected chi connectivity index (χ4v) is 3.57. The van der Waals surface area contributed by atoms with Gasteiger partial charge in [0.2, 0.25) is 0 Å². The summed E-state index contributed by atoms with van der Waals surface area (Å²) in [5.41, 5.74) is 0.647. The monoisotopic (exact) mass is 443 g/mol. The van der Waals surface area contributed by atoms with Crippen molar-refractivity contribution in [1.29, 1.82) is 0 Å². The molecule has 0 N–H and O–H groups in total. The van der Waals surface area contributed by atoms with Crippen LogP contribution >= 0.6 is 11.8 Å². The van der Waals surface area contributed by atoms with Crippen LogP contribution in [0.25, 0.3) is 6.08 Å². The predicted octanol–water partition coefficient (Wildman–Crippen LogP) is 3.36. The van der Waals surface area contributed by atoms with E-state index < -0.39 is 5.97 Å². The first-order chi connectivity index (χ1) is 15.0. The molecule has 0 unspecified atom stereocenters. The van der Waals surface area contributed by atoms with E-state index in [-0.39, 0.29) is 30.9 Å². The summed E-state index contributed by atoms with van der Waals surface area (Å²) < 4.78 is 20.8. The summed E-state index contributed by atoms with van der Waals surface area (Å²) >= 11 is 0.867. The molecule has 1 aliphatic rings. The van der Waals surface area contributed by atoms with Crippen molar-refractivity contribution in [2.24, 2.45) is 0 Å². The number of nitrogens with zero attached hydrogens (tertiary/aromatic N) is 1. The van der Waals surface area contributed by atoms with E-state index >= 15 is 0 Å². The minimum absolute atomic E-state index is 0.153. The van der Waals surface area contributed by atoms with Crippen molar-refractivity contribution >= 4 is 35.0 Å². The van der Waals surface area contributed by atoms with Crippen LogP contribution in [0.1, 0.15) is 5.56 Å². The van der Waals surface area contributed by atoms with E-state index in [2.05, 4.69) is 4.74 Å². The van der Waals surface area contributed by atoms with Crippen LogP contribution in [0.15, 0.2) is 53.4 Å². The van der Waals surface area contributed by atoms with Gasteiger partial charge in [0.15, 0.2) is 18.1 Å². The average Bonchev–Trinajstić information content (AvgIpc) is 3.05. The summed E-state index contributed by atoms with van der Waals surface area (Å²) in [5, 5.41) is -0.349. The fraction of sp³-hybridized carbons (Fsp3) is 0.227. The van der Waals surface area contributed by atoms with E-state index in [0.717, 1.165) is 16.7 Å². The maximum Gasteiger partial charge on any atom is 0.343 e. The first-order valence-electron chi connectivity index (χ1n) is 9.32. The van der Waals surface area contributed by atoms with Crippen LogP contribution in [0, 0.1) is 0 Å². The smallest absolute Gasteiger partial charge is 0.343 e. The largest absolute Gasteiger partial charge is 0.493 e. The van der Waals surface area contributed by atoms with Crippen LogP contribution in [0.4, 0.5) is 4.79 Å². The van der Waals surface area contributed by atoms with Gasteiger partial charge in [-0.1, -0.05) is 24.3 Å². The predicted molar refractivity (Wildman–Crippen MR) is 115 cm³/mol. The molecule has 9 heteroatoms. The number of amides is 2. The topological polar surface area (TPSA) is 91.4 Å². The van der Waals surface area contributed by atoms with Gasteiger partial charge in [-0.2, -0.15) is 0 Å². The number of carbonyl (C=O) groups is 3. The van der Waals surface area contributed by atoms with E-state index in [1.807, 2.05) is 18.2 Å². The Bertz CT molecular complexity index is 991. The van der Waals surface area contributed by atoms with Crippen LogP contribution in [-0.2, 0) is 14.3 Å². The number of methoxy groups -OCH3 is 2. The summed E-state index contributed by atoms with van der Waals surface area (Å²) in [7, 11) is 2.73. The van der Waals surface area contributed by atoms with Gasteiger partial charge in [-0.3, -0.25) is 14.5 Å². The quantitative estimate of drug-likeness (QED) is 0.430. The summed E-state index contributed by atoms with van der Waals surface area (Å²) in [6.45, 7) is 0.103. The Morgan fingerprint density at radius 3 is 2.52 bits per heavy atom. The molecule has 0 bridgehead atoms. The molecule has 162 valence electrons. The Hall–Kier alpha value is -3.46. The molecule has 31 heavy (non-hydrogen) atoms. The molecule has 2 aromatic carbocycles. The van der Waals surface area contributed by atoms with E-state index in [0.29, 0.717) is 27.7 Å². The highest BCUT2D eigenvalue weighted by Crippen LogP contribution is 2.34. The average molecular weight is 443 g/mol. The van der Waals surface area contributed by atoms with Crippen molar-refractivity contribution < 1.29 is 33.3 Å². The first kappa shape index (κ1) is 22.2. The van der Waals surface area contributed by atoms with Gasteiger partial charge < -0.3 is 18.9 Å². The normalized spacial score (nSPS) is 14.6. The number of hydrogen-bond acceptors (Lipinski definition) is 8. The second kappa shape index (κ2) is 10.5. The Morgan fingerprint density at radius 1 is 1.03 bits per heavy atom. The third-order valence-corrected chi connectivity index (χ3v) is 5.17. The highest BCUT2D eigenvalue weighted by Gasteiger charge is 2.34. The molecule has 0 atom stereocenters. The number of imide groups is 1. The van der Waals surface area contributed by atoms with Crippen LogP contribution in [0.3, 0.4) is 0 Å². The molecule has 1 fully saturated rings. The Morgan fingerprint density at radius 2 is 1.81 bits per heavy atom. The Balaban J connectivity index is 1.65. The molecule has 0 aliphatic carbocycles. The Kier molecular flexibility index (Phi) is 7.55. The van der Waals surface area contributed by atoms with Crippen molar-refractivity contribution in [3.05, 3.63) is 59.0 Å². The minimum Gasteiger partial charge on any atom is -0.493 e. The lowest BCUT2D eigenvalue weighted by molar-refractivity contribution is -0.142. The van der Waals surface area contributed by atoms with Crippen molar-refractivity contribution in [3.63, 3.8) is 0 Å². The third-order valence-electron chi connectivity index (χ3n) is 4.26. The second-order valence-electron chi connectivity index (χ2n) is 6.27. The summed E-state index contributed by atoms with van der Waals surface area (Å²) in [4.78, 5) is 37.6. The lowest BCUT2D eigenvalue weighted by Gasteiger charge is -2.13. The zero-order valence-electron chi connectivity index (χ0n) is 17.0. The standard InChI is InChI=1S/C22H21NO7S/c1-27-18-12-15(8-9-17(18)30-14-20(24)28-2)13-19-21(25)23(22(26)31-19)10-11-29-16-6-4-3-5-7-16/h3-9,12-13H,10-11,14H2,1-2H3/b19-13-. The van der Waals surface area contributed by atoms with Crippen LogP contribution in [0.2, 0.25) is 0 Å². The van der Waals surface area contributed by atoms with Gasteiger partial charge in [0.05, 0.1) is 25.7 Å². The molecule has 2 amide bonds. The molecule has 0 saturated carbocycles. The van der Waals surface area contributed by atoms with Crippen LogP contribution < -0.4 is 14.2 Å². The maximum absolute atomic E-state index is 12.6. The number of hydrogen-bond donors (Lipinski definition) is 0. The van der Waals surface area contributed by atoms with Gasteiger partial charge in [0.25, 0.3) is 11.1 Å². The molecule has 0 spiro atoms. The lowest BCUT2D eigenvalue weighted by Crippen LogP contribution is -2.32. The molecule has 0 aromatic heterocycles. The number of esters is 1. The molecule has 1 aliphatic heterocycles. The maximum atomic E-state index is 12.6. The molecular weight excluding hydrogens is 422 g/mol. The molecular formula is C22H21NO7S. The highest BCUT2D eigenvalue weighted by atomic mass is 32.2. The number of rotatable bonds is 9.